The van der Waals surface area contributed by atoms with Gasteiger partial charge in [0.15, 0.2) is 11.4 Å². The van der Waals surface area contributed by atoms with E-state index in [4.69, 9.17) is 36.3 Å². The molecule has 5 rings (SSSR count). The first-order valence-electron chi connectivity index (χ1n) is 14.1. The molecule has 15 nitrogen and oxygen atoms in total. The molecule has 1 aromatic carbocycles. The summed E-state index contributed by atoms with van der Waals surface area (Å²) >= 11 is 6.46. The summed E-state index contributed by atoms with van der Waals surface area (Å²) in [6.07, 6.45) is 3.83. The standard InChI is InChI=1S/C30H35ClN10O5/c1-17(28(22-12-35-40(3)38-22)46-15-19-9-21(32)25(45-6)13-33-19)36-30(42)41-16-34-27-23(11-26(31)37-29(27)41)39(2)14-18-7-8-20(43-4)10-24(18)44-5/h7-13,16-17,28H,14-15H2,1-6H3,(H2,32,33)(H,36,42). The maximum absolute atomic E-state index is 13.6. The van der Waals surface area contributed by atoms with E-state index in [0.717, 1.165) is 5.56 Å². The molecule has 0 saturated carbocycles. The zero-order valence-corrected chi connectivity index (χ0v) is 27.0. The third-order valence-corrected chi connectivity index (χ3v) is 7.48. The van der Waals surface area contributed by atoms with E-state index in [1.807, 2.05) is 30.1 Å². The highest BCUT2D eigenvalue weighted by atomic mass is 35.5. The summed E-state index contributed by atoms with van der Waals surface area (Å²) in [6, 6.07) is 7.93. The van der Waals surface area contributed by atoms with Crippen LogP contribution in [0.25, 0.3) is 11.2 Å². The number of aryl methyl sites for hydroxylation is 1. The van der Waals surface area contributed by atoms with Crippen molar-refractivity contribution in [1.29, 1.82) is 0 Å². The van der Waals surface area contributed by atoms with Crippen LogP contribution in [0.3, 0.4) is 0 Å². The number of anilines is 2. The second-order valence-electron chi connectivity index (χ2n) is 10.4. The molecule has 2 atom stereocenters. The largest absolute Gasteiger partial charge is 0.497 e. The van der Waals surface area contributed by atoms with Crippen LogP contribution in [0, 0.1) is 0 Å². The van der Waals surface area contributed by atoms with Crippen LogP contribution in [0.2, 0.25) is 5.15 Å². The van der Waals surface area contributed by atoms with Gasteiger partial charge in [-0.05, 0) is 25.1 Å². The lowest BCUT2D eigenvalue weighted by Crippen LogP contribution is -2.40. The van der Waals surface area contributed by atoms with Gasteiger partial charge in [0, 0.05) is 38.3 Å². The van der Waals surface area contributed by atoms with Crippen LogP contribution in [0.5, 0.6) is 17.2 Å². The van der Waals surface area contributed by atoms with Crippen molar-refractivity contribution >= 4 is 40.2 Å². The van der Waals surface area contributed by atoms with Gasteiger partial charge in [0.2, 0.25) is 0 Å². The Hall–Kier alpha value is -5.15. The smallest absolute Gasteiger partial charge is 0.328 e. The van der Waals surface area contributed by atoms with Crippen LogP contribution in [-0.2, 0) is 24.9 Å². The number of carbonyl (C=O) groups is 1. The van der Waals surface area contributed by atoms with Crippen LogP contribution >= 0.6 is 11.6 Å². The summed E-state index contributed by atoms with van der Waals surface area (Å²) in [5, 5.41) is 11.7. The van der Waals surface area contributed by atoms with Crippen molar-refractivity contribution in [3.05, 3.63) is 71.2 Å². The summed E-state index contributed by atoms with van der Waals surface area (Å²) in [5.74, 6) is 1.82. The summed E-state index contributed by atoms with van der Waals surface area (Å²) in [6.45, 7) is 2.36. The molecule has 0 spiro atoms. The quantitative estimate of drug-likeness (QED) is 0.188. The maximum Gasteiger partial charge on any atom is 0.328 e. The number of nitrogen functional groups attached to an aromatic ring is 1. The summed E-state index contributed by atoms with van der Waals surface area (Å²) in [7, 11) is 8.31. The highest BCUT2D eigenvalue weighted by Crippen LogP contribution is 2.31. The molecule has 0 aliphatic rings. The molecule has 5 aromatic rings. The van der Waals surface area contributed by atoms with Crippen LogP contribution < -0.4 is 30.2 Å². The van der Waals surface area contributed by atoms with Crippen molar-refractivity contribution in [2.24, 2.45) is 7.05 Å². The van der Waals surface area contributed by atoms with Crippen molar-refractivity contribution in [1.82, 2.24) is 39.8 Å². The third kappa shape index (κ3) is 6.89. The highest BCUT2D eigenvalue weighted by Gasteiger charge is 2.27. The molecule has 46 heavy (non-hydrogen) atoms. The first kappa shape index (κ1) is 32.2. The number of benzene rings is 1. The number of aromatic nitrogens is 7. The van der Waals surface area contributed by atoms with Gasteiger partial charge in [0.05, 0.1) is 63.4 Å². The molecule has 0 saturated heterocycles. The van der Waals surface area contributed by atoms with Crippen molar-refractivity contribution in [2.75, 3.05) is 39.0 Å². The summed E-state index contributed by atoms with van der Waals surface area (Å²) in [5.41, 5.74) is 9.95. The number of nitrogens with zero attached hydrogens (tertiary/aromatic N) is 8. The minimum Gasteiger partial charge on any atom is -0.497 e. The monoisotopic (exact) mass is 650 g/mol. The molecule has 1 amide bonds. The number of hydrogen-bond acceptors (Lipinski definition) is 12. The van der Waals surface area contributed by atoms with Crippen molar-refractivity contribution in [2.45, 2.75) is 32.2 Å². The molecule has 242 valence electrons. The van der Waals surface area contributed by atoms with Gasteiger partial charge in [-0.2, -0.15) is 15.0 Å². The minimum absolute atomic E-state index is 0.0927. The molecular weight excluding hydrogens is 616 g/mol. The fourth-order valence-corrected chi connectivity index (χ4v) is 5.14. The van der Waals surface area contributed by atoms with Crippen molar-refractivity contribution < 1.29 is 23.7 Å². The molecule has 2 unspecified atom stereocenters. The molecule has 0 aliphatic heterocycles. The number of halogens is 1. The predicted molar refractivity (Wildman–Crippen MR) is 171 cm³/mol. The molecule has 0 radical (unpaired) electrons. The first-order valence-corrected chi connectivity index (χ1v) is 14.5. The first-order chi connectivity index (χ1) is 22.1. The van der Waals surface area contributed by atoms with E-state index >= 15 is 0 Å². The number of nitrogens with one attached hydrogen (secondary N) is 1. The molecule has 16 heteroatoms. The summed E-state index contributed by atoms with van der Waals surface area (Å²) < 4.78 is 23.6. The predicted octanol–water partition coefficient (Wildman–Crippen LogP) is 3.76. The Balaban J connectivity index is 1.37. The van der Waals surface area contributed by atoms with Crippen LogP contribution in [-0.4, -0.2) is 75.0 Å². The Labute approximate surface area is 270 Å². The van der Waals surface area contributed by atoms with E-state index < -0.39 is 18.2 Å². The molecule has 3 N–H and O–H groups in total. The second kappa shape index (κ2) is 13.9. The molecule has 0 aliphatic carbocycles. The fourth-order valence-electron chi connectivity index (χ4n) is 4.95. The van der Waals surface area contributed by atoms with Gasteiger partial charge < -0.3 is 34.9 Å². The number of carbonyl (C=O) groups excluding carboxylic acids is 1. The average molecular weight is 651 g/mol. The molecule has 4 heterocycles. The van der Waals surface area contributed by atoms with Gasteiger partial charge in [-0.15, -0.1) is 0 Å². The molecule has 0 bridgehead atoms. The Morgan fingerprint density at radius 1 is 1.09 bits per heavy atom. The zero-order chi connectivity index (χ0) is 33.0. The van der Waals surface area contributed by atoms with Gasteiger partial charge in [-0.1, -0.05) is 11.6 Å². The topological polar surface area (TPSA) is 170 Å². The zero-order valence-electron chi connectivity index (χ0n) is 26.3. The Bertz CT molecular complexity index is 1840. The Morgan fingerprint density at radius 2 is 1.87 bits per heavy atom. The van der Waals surface area contributed by atoms with Gasteiger partial charge >= 0.3 is 6.03 Å². The number of ether oxygens (including phenoxy) is 4. The van der Waals surface area contributed by atoms with Gasteiger partial charge in [-0.25, -0.2) is 19.3 Å². The lowest BCUT2D eigenvalue weighted by molar-refractivity contribution is 0.0151. The Morgan fingerprint density at radius 3 is 2.54 bits per heavy atom. The Kier molecular flexibility index (Phi) is 9.72. The van der Waals surface area contributed by atoms with Crippen LogP contribution in [0.15, 0.2) is 49.1 Å². The van der Waals surface area contributed by atoms with Gasteiger partial charge in [-0.3, -0.25) is 4.98 Å². The van der Waals surface area contributed by atoms with E-state index in [2.05, 4.69) is 30.5 Å². The maximum atomic E-state index is 13.6. The van der Waals surface area contributed by atoms with E-state index in [1.54, 1.807) is 46.5 Å². The number of methoxy groups -OCH3 is 3. The van der Waals surface area contributed by atoms with Crippen molar-refractivity contribution in [3.8, 4) is 17.2 Å². The van der Waals surface area contributed by atoms with Crippen LogP contribution in [0.1, 0.15) is 30.0 Å². The lowest BCUT2D eigenvalue weighted by Gasteiger charge is -2.24. The van der Waals surface area contributed by atoms with Gasteiger partial charge in [0.1, 0.15) is 40.3 Å². The number of hydrogen-bond donors (Lipinski definition) is 2. The molecule has 0 fully saturated rings. The van der Waals surface area contributed by atoms with E-state index in [0.29, 0.717) is 52.1 Å². The number of pyridine rings is 2. The lowest BCUT2D eigenvalue weighted by atomic mass is 10.1. The highest BCUT2D eigenvalue weighted by molar-refractivity contribution is 6.30. The number of fused-ring (bicyclic) bond motifs is 1. The SMILES string of the molecule is COc1ccc(CN(C)c2cc(Cl)nc3c2ncn3C(=O)NC(C)C(OCc2cc(N)c(OC)cn2)c2cnn(C)n2)c(OC)c1. The van der Waals surface area contributed by atoms with Gasteiger partial charge in [0.25, 0.3) is 0 Å². The van der Waals surface area contributed by atoms with Crippen LogP contribution in [0.4, 0.5) is 16.2 Å². The van der Waals surface area contributed by atoms with E-state index in [1.165, 1.54) is 29.0 Å². The number of nitrogens with two attached hydrogens (primary N) is 1. The third-order valence-electron chi connectivity index (χ3n) is 7.28. The summed E-state index contributed by atoms with van der Waals surface area (Å²) in [4.78, 5) is 30.3. The minimum atomic E-state index is -0.685. The number of imidazole rings is 1. The average Bonchev–Trinajstić information content (AvgIpc) is 3.67. The second-order valence-corrected chi connectivity index (χ2v) is 10.8. The fraction of sp³-hybridized carbons (Fsp3) is 0.333. The van der Waals surface area contributed by atoms with E-state index in [-0.39, 0.29) is 17.4 Å². The number of amides is 1. The molecule has 4 aromatic heterocycles. The number of rotatable bonds is 12. The normalized spacial score (nSPS) is 12.5. The van der Waals surface area contributed by atoms with Crippen molar-refractivity contribution in [3.63, 3.8) is 0 Å². The molecular formula is C30H35ClN10O5. The van der Waals surface area contributed by atoms with E-state index in [9.17, 15) is 4.79 Å².